The molecule has 0 unspecified atom stereocenters. The van der Waals surface area contributed by atoms with Gasteiger partial charge in [-0.05, 0) is 74.4 Å². The van der Waals surface area contributed by atoms with E-state index in [4.69, 9.17) is 9.15 Å². The van der Waals surface area contributed by atoms with Crippen molar-refractivity contribution in [2.24, 2.45) is 5.92 Å². The Morgan fingerprint density at radius 3 is 2.18 bits per heavy atom. The molecule has 0 spiro atoms. The average Bonchev–Trinajstić information content (AvgIpc) is 3.40. The SMILES string of the molecule is CCOc1ccc(NC(=O)c2ccc(NC(=O)C3CCN(C(=O)c4ccoc4)CC3)cc2)cc1. The molecule has 2 N–H and O–H groups in total. The Labute approximate surface area is 197 Å². The molecule has 3 aromatic rings. The third-order valence-electron chi connectivity index (χ3n) is 5.76. The van der Waals surface area contributed by atoms with Crippen molar-refractivity contribution in [3.05, 3.63) is 78.3 Å². The molecular formula is C26H27N3O5. The lowest BCUT2D eigenvalue weighted by Crippen LogP contribution is -2.41. The molecule has 3 amide bonds. The molecule has 34 heavy (non-hydrogen) atoms. The van der Waals surface area contributed by atoms with Crippen molar-refractivity contribution in [3.8, 4) is 5.75 Å². The molecule has 1 aromatic heterocycles. The minimum absolute atomic E-state index is 0.0771. The quantitative estimate of drug-likeness (QED) is 0.542. The molecule has 1 saturated heterocycles. The van der Waals surface area contributed by atoms with Gasteiger partial charge in [0.1, 0.15) is 12.0 Å². The molecule has 4 rings (SSSR count). The fourth-order valence-corrected chi connectivity index (χ4v) is 3.87. The second-order valence-corrected chi connectivity index (χ2v) is 8.06. The van der Waals surface area contributed by atoms with Crippen LogP contribution in [0.1, 0.15) is 40.5 Å². The summed E-state index contributed by atoms with van der Waals surface area (Å²) in [5, 5.41) is 5.76. The van der Waals surface area contributed by atoms with Crippen LogP contribution >= 0.6 is 0 Å². The predicted molar refractivity (Wildman–Crippen MR) is 128 cm³/mol. The number of anilines is 2. The van der Waals surface area contributed by atoms with Crippen molar-refractivity contribution < 1.29 is 23.5 Å². The molecule has 176 valence electrons. The molecule has 8 nitrogen and oxygen atoms in total. The minimum Gasteiger partial charge on any atom is -0.494 e. The van der Waals surface area contributed by atoms with Crippen LogP contribution in [0.4, 0.5) is 11.4 Å². The highest BCUT2D eigenvalue weighted by Crippen LogP contribution is 2.22. The molecule has 1 aliphatic heterocycles. The zero-order chi connectivity index (χ0) is 23.9. The lowest BCUT2D eigenvalue weighted by atomic mass is 9.95. The largest absolute Gasteiger partial charge is 0.494 e. The van der Waals surface area contributed by atoms with Gasteiger partial charge in [-0.15, -0.1) is 0 Å². The van der Waals surface area contributed by atoms with Crippen LogP contribution in [0, 0.1) is 5.92 Å². The Morgan fingerprint density at radius 1 is 0.912 bits per heavy atom. The van der Waals surface area contributed by atoms with E-state index in [1.165, 1.54) is 12.5 Å². The molecule has 0 radical (unpaired) electrons. The minimum atomic E-state index is -0.239. The Bertz CT molecular complexity index is 1120. The van der Waals surface area contributed by atoms with E-state index in [0.717, 1.165) is 5.75 Å². The second kappa shape index (κ2) is 10.7. The molecule has 0 atom stereocenters. The number of carbonyl (C=O) groups excluding carboxylic acids is 3. The number of hydrogen-bond acceptors (Lipinski definition) is 5. The first-order valence-electron chi connectivity index (χ1n) is 11.3. The number of carbonyl (C=O) groups is 3. The third-order valence-corrected chi connectivity index (χ3v) is 5.76. The highest BCUT2D eigenvalue weighted by Gasteiger charge is 2.28. The predicted octanol–water partition coefficient (Wildman–Crippen LogP) is 4.42. The molecule has 0 saturated carbocycles. The lowest BCUT2D eigenvalue weighted by molar-refractivity contribution is -0.121. The van der Waals surface area contributed by atoms with Crippen LogP contribution < -0.4 is 15.4 Å². The van der Waals surface area contributed by atoms with Gasteiger partial charge in [0.2, 0.25) is 5.91 Å². The monoisotopic (exact) mass is 461 g/mol. The summed E-state index contributed by atoms with van der Waals surface area (Å²) in [6.07, 6.45) is 4.10. The van der Waals surface area contributed by atoms with Crippen molar-refractivity contribution in [1.29, 1.82) is 0 Å². The van der Waals surface area contributed by atoms with E-state index in [2.05, 4.69) is 10.6 Å². The summed E-state index contributed by atoms with van der Waals surface area (Å²) in [6, 6.07) is 15.6. The number of amides is 3. The first-order chi connectivity index (χ1) is 16.5. The number of nitrogens with one attached hydrogen (secondary N) is 2. The fourth-order valence-electron chi connectivity index (χ4n) is 3.87. The van der Waals surface area contributed by atoms with E-state index in [9.17, 15) is 14.4 Å². The zero-order valence-corrected chi connectivity index (χ0v) is 19.0. The molecule has 2 aromatic carbocycles. The van der Waals surface area contributed by atoms with E-state index < -0.39 is 0 Å². The van der Waals surface area contributed by atoms with Crippen molar-refractivity contribution in [3.63, 3.8) is 0 Å². The molecule has 1 fully saturated rings. The summed E-state index contributed by atoms with van der Waals surface area (Å²) in [6.45, 7) is 3.54. The van der Waals surface area contributed by atoms with Crippen molar-refractivity contribution >= 4 is 29.1 Å². The smallest absolute Gasteiger partial charge is 0.257 e. The number of likely N-dealkylation sites (tertiary alicyclic amines) is 1. The van der Waals surface area contributed by atoms with E-state index >= 15 is 0 Å². The Kier molecular flexibility index (Phi) is 7.27. The molecule has 8 heteroatoms. The van der Waals surface area contributed by atoms with Crippen LogP contribution in [-0.2, 0) is 4.79 Å². The van der Waals surface area contributed by atoms with Gasteiger partial charge in [-0.1, -0.05) is 0 Å². The first-order valence-corrected chi connectivity index (χ1v) is 11.3. The average molecular weight is 462 g/mol. The number of benzene rings is 2. The van der Waals surface area contributed by atoms with E-state index in [1.807, 2.05) is 6.92 Å². The lowest BCUT2D eigenvalue weighted by Gasteiger charge is -2.31. The maximum absolute atomic E-state index is 12.7. The van der Waals surface area contributed by atoms with Gasteiger partial charge in [-0.25, -0.2) is 0 Å². The standard InChI is InChI=1S/C26H27N3O5/c1-2-34-23-9-7-22(8-10-23)28-24(30)18-3-5-21(6-4-18)27-25(31)19-11-14-29(15-12-19)26(32)20-13-16-33-17-20/h3-10,13,16-17,19H,2,11-12,14-15H2,1H3,(H,27,31)(H,28,30). The summed E-state index contributed by atoms with van der Waals surface area (Å²) < 4.78 is 10.4. The summed E-state index contributed by atoms with van der Waals surface area (Å²) >= 11 is 0. The highest BCUT2D eigenvalue weighted by atomic mass is 16.5. The number of piperidine rings is 1. The van der Waals surface area contributed by atoms with Crippen LogP contribution in [0.25, 0.3) is 0 Å². The van der Waals surface area contributed by atoms with Crippen LogP contribution in [0.3, 0.4) is 0 Å². The van der Waals surface area contributed by atoms with Gasteiger partial charge < -0.3 is 24.7 Å². The molecule has 0 bridgehead atoms. The van der Waals surface area contributed by atoms with Crippen molar-refractivity contribution in [2.75, 3.05) is 30.3 Å². The van der Waals surface area contributed by atoms with Crippen LogP contribution in [-0.4, -0.2) is 42.3 Å². The molecule has 0 aliphatic carbocycles. The number of nitrogens with zero attached hydrogens (tertiary/aromatic N) is 1. The zero-order valence-electron chi connectivity index (χ0n) is 19.0. The second-order valence-electron chi connectivity index (χ2n) is 8.06. The van der Waals surface area contributed by atoms with Crippen molar-refractivity contribution in [2.45, 2.75) is 19.8 Å². The number of rotatable bonds is 7. The van der Waals surface area contributed by atoms with Gasteiger partial charge >= 0.3 is 0 Å². The van der Waals surface area contributed by atoms with Gasteiger partial charge in [0.25, 0.3) is 11.8 Å². The molecule has 1 aliphatic rings. The molecule has 2 heterocycles. The highest BCUT2D eigenvalue weighted by molar-refractivity contribution is 6.04. The van der Waals surface area contributed by atoms with E-state index in [0.29, 0.717) is 55.0 Å². The van der Waals surface area contributed by atoms with Crippen molar-refractivity contribution in [1.82, 2.24) is 4.90 Å². The fraction of sp³-hybridized carbons (Fsp3) is 0.269. The Morgan fingerprint density at radius 2 is 1.56 bits per heavy atom. The number of hydrogen-bond donors (Lipinski definition) is 2. The van der Waals surface area contributed by atoms with Gasteiger partial charge in [0, 0.05) is 35.9 Å². The summed E-state index contributed by atoms with van der Waals surface area (Å²) in [4.78, 5) is 39.3. The van der Waals surface area contributed by atoms with Gasteiger partial charge in [0.05, 0.1) is 18.4 Å². The van der Waals surface area contributed by atoms with Crippen LogP contribution in [0.5, 0.6) is 5.75 Å². The summed E-state index contributed by atoms with van der Waals surface area (Å²) in [5.41, 5.74) is 2.30. The summed E-state index contributed by atoms with van der Waals surface area (Å²) in [7, 11) is 0. The van der Waals surface area contributed by atoms with Gasteiger partial charge in [0.15, 0.2) is 0 Å². The number of furan rings is 1. The normalized spacial score (nSPS) is 13.9. The Hall–Kier alpha value is -4.07. The maximum Gasteiger partial charge on any atom is 0.257 e. The van der Waals surface area contributed by atoms with Gasteiger partial charge in [-0.3, -0.25) is 14.4 Å². The first kappa shape index (κ1) is 23.1. The van der Waals surface area contributed by atoms with E-state index in [-0.39, 0.29) is 23.6 Å². The van der Waals surface area contributed by atoms with Gasteiger partial charge in [-0.2, -0.15) is 0 Å². The topological polar surface area (TPSA) is 101 Å². The maximum atomic E-state index is 12.7. The summed E-state index contributed by atoms with van der Waals surface area (Å²) in [5.74, 6) is 0.178. The third kappa shape index (κ3) is 5.64. The molecular weight excluding hydrogens is 434 g/mol. The Balaban J connectivity index is 1.26. The van der Waals surface area contributed by atoms with Crippen LogP contribution in [0.2, 0.25) is 0 Å². The van der Waals surface area contributed by atoms with E-state index in [1.54, 1.807) is 59.5 Å². The number of ether oxygens (including phenoxy) is 1. The van der Waals surface area contributed by atoms with Crippen LogP contribution in [0.15, 0.2) is 71.5 Å².